The first-order chi connectivity index (χ1) is 9.66. The molecule has 2 aromatic rings. The second kappa shape index (κ2) is 6.38. The molecule has 0 saturated heterocycles. The first-order valence-electron chi connectivity index (χ1n) is 6.19. The minimum atomic E-state index is -0.0546. The van der Waals surface area contributed by atoms with Crippen LogP contribution in [0.25, 0.3) is 11.8 Å². The van der Waals surface area contributed by atoms with E-state index in [-0.39, 0.29) is 5.96 Å². The summed E-state index contributed by atoms with van der Waals surface area (Å²) in [5.41, 5.74) is 13.8. The molecule has 0 aliphatic carbocycles. The first-order valence-corrected chi connectivity index (χ1v) is 6.19. The molecule has 0 aliphatic heterocycles. The predicted molar refractivity (Wildman–Crippen MR) is 83.8 cm³/mol. The summed E-state index contributed by atoms with van der Waals surface area (Å²) in [6.45, 7) is 2.06. The van der Waals surface area contributed by atoms with Crippen molar-refractivity contribution in [3.8, 4) is 5.69 Å². The highest BCUT2D eigenvalue weighted by Crippen LogP contribution is 2.16. The van der Waals surface area contributed by atoms with Crippen molar-refractivity contribution < 1.29 is 0 Å². The molecule has 20 heavy (non-hydrogen) atoms. The molecule has 0 saturated carbocycles. The maximum atomic E-state index is 5.16. The van der Waals surface area contributed by atoms with Crippen molar-refractivity contribution in [1.29, 1.82) is 0 Å². The monoisotopic (exact) mass is 267 g/mol. The highest BCUT2D eigenvalue weighted by Gasteiger charge is 2.00. The van der Waals surface area contributed by atoms with Crippen LogP contribution in [0.4, 0.5) is 0 Å². The van der Waals surface area contributed by atoms with Gasteiger partial charge in [-0.15, -0.1) is 5.10 Å². The molecule has 0 fully saturated rings. The summed E-state index contributed by atoms with van der Waals surface area (Å²) in [7, 11) is 0. The summed E-state index contributed by atoms with van der Waals surface area (Å²) in [5, 5.41) is 7.22. The summed E-state index contributed by atoms with van der Waals surface area (Å²) < 4.78 is 2.09. The lowest BCUT2D eigenvalue weighted by atomic mass is 10.2. The number of aromatic nitrogens is 1. The largest absolute Gasteiger partial charge is 0.369 e. The fraction of sp³-hybridized carbons (Fsp3) is 0.0667. The van der Waals surface area contributed by atoms with E-state index >= 15 is 0 Å². The third kappa shape index (κ3) is 3.58. The average molecular weight is 267 g/mol. The van der Waals surface area contributed by atoms with Crippen LogP contribution >= 0.6 is 0 Å². The summed E-state index contributed by atoms with van der Waals surface area (Å²) in [6.07, 6.45) is 9.45. The van der Waals surface area contributed by atoms with E-state index in [4.69, 9.17) is 11.5 Å². The molecule has 0 aliphatic rings. The van der Waals surface area contributed by atoms with E-state index in [9.17, 15) is 0 Å². The molecular formula is C15H17N5. The smallest absolute Gasteiger partial charge is 0.211 e. The standard InChI is InChI=1S/C15H17N5/c1-12-10-20(14-7-3-2-4-8-14)11-13(12)6-5-9-18-19-15(16)17/h2-11H,1H3,(H4,16,17,19)/b6-5+,18-9+. The Morgan fingerprint density at radius 3 is 2.60 bits per heavy atom. The number of nitrogens with zero attached hydrogens (tertiary/aromatic N) is 3. The Morgan fingerprint density at radius 1 is 1.15 bits per heavy atom. The Labute approximate surface area is 117 Å². The third-order valence-electron chi connectivity index (χ3n) is 2.72. The maximum absolute atomic E-state index is 5.16. The van der Waals surface area contributed by atoms with Gasteiger partial charge in [-0.25, -0.2) is 0 Å². The number of para-hydroxylation sites is 1. The van der Waals surface area contributed by atoms with Gasteiger partial charge in [0.15, 0.2) is 0 Å². The topological polar surface area (TPSA) is 81.7 Å². The van der Waals surface area contributed by atoms with Gasteiger partial charge in [-0.1, -0.05) is 24.3 Å². The number of hydrogen-bond donors (Lipinski definition) is 2. The van der Waals surface area contributed by atoms with Gasteiger partial charge in [-0.3, -0.25) is 0 Å². The fourth-order valence-corrected chi connectivity index (χ4v) is 1.78. The normalized spacial score (nSPS) is 11.2. The summed E-state index contributed by atoms with van der Waals surface area (Å²) >= 11 is 0. The van der Waals surface area contributed by atoms with Crippen molar-refractivity contribution in [1.82, 2.24) is 4.57 Å². The number of aryl methyl sites for hydroxylation is 1. The van der Waals surface area contributed by atoms with Gasteiger partial charge in [0, 0.05) is 24.3 Å². The number of guanidine groups is 1. The number of allylic oxidation sites excluding steroid dienone is 1. The molecule has 5 nitrogen and oxygen atoms in total. The van der Waals surface area contributed by atoms with E-state index in [1.165, 1.54) is 5.56 Å². The van der Waals surface area contributed by atoms with Crippen LogP contribution in [0, 0.1) is 6.92 Å². The molecule has 0 spiro atoms. The Morgan fingerprint density at radius 2 is 1.90 bits per heavy atom. The molecule has 0 bridgehead atoms. The van der Waals surface area contributed by atoms with Gasteiger partial charge in [0.2, 0.25) is 5.96 Å². The molecule has 0 amide bonds. The molecule has 2 rings (SSSR count). The molecule has 5 heteroatoms. The van der Waals surface area contributed by atoms with E-state index in [1.807, 2.05) is 24.3 Å². The van der Waals surface area contributed by atoms with Gasteiger partial charge in [0.05, 0.1) is 0 Å². The number of nitrogens with two attached hydrogens (primary N) is 2. The Bertz CT molecular complexity index is 646. The van der Waals surface area contributed by atoms with Crippen molar-refractivity contribution in [3.05, 3.63) is 59.9 Å². The van der Waals surface area contributed by atoms with E-state index in [1.54, 1.807) is 12.3 Å². The molecular weight excluding hydrogens is 250 g/mol. The molecule has 0 atom stereocenters. The third-order valence-corrected chi connectivity index (χ3v) is 2.72. The SMILES string of the molecule is Cc1cn(-c2ccccc2)cc1/C=C/C=N/N=C(N)N. The lowest BCUT2D eigenvalue weighted by molar-refractivity contribution is 1.07. The molecule has 102 valence electrons. The summed E-state index contributed by atoms with van der Waals surface area (Å²) in [6, 6.07) is 10.2. The van der Waals surface area contributed by atoms with Crippen LogP contribution < -0.4 is 11.5 Å². The van der Waals surface area contributed by atoms with Gasteiger partial charge in [-0.05, 0) is 36.3 Å². The average Bonchev–Trinajstić information content (AvgIpc) is 2.81. The van der Waals surface area contributed by atoms with Crippen LogP contribution in [-0.4, -0.2) is 16.7 Å². The van der Waals surface area contributed by atoms with Crippen LogP contribution in [0.5, 0.6) is 0 Å². The highest BCUT2D eigenvalue weighted by molar-refractivity contribution is 5.80. The van der Waals surface area contributed by atoms with Gasteiger partial charge < -0.3 is 16.0 Å². The predicted octanol–water partition coefficient (Wildman–Crippen LogP) is 2.06. The Kier molecular flexibility index (Phi) is 4.34. The fourth-order valence-electron chi connectivity index (χ4n) is 1.78. The summed E-state index contributed by atoms with van der Waals surface area (Å²) in [4.78, 5) is 0. The van der Waals surface area contributed by atoms with Crippen molar-refractivity contribution >= 4 is 18.3 Å². The number of rotatable bonds is 4. The number of benzene rings is 1. The van der Waals surface area contributed by atoms with Gasteiger partial charge in [0.25, 0.3) is 0 Å². The number of hydrogen-bond acceptors (Lipinski definition) is 2. The molecule has 0 unspecified atom stereocenters. The zero-order valence-corrected chi connectivity index (χ0v) is 11.3. The van der Waals surface area contributed by atoms with Crippen LogP contribution in [-0.2, 0) is 0 Å². The minimum Gasteiger partial charge on any atom is -0.369 e. The minimum absolute atomic E-state index is 0.0546. The zero-order chi connectivity index (χ0) is 14.4. The highest BCUT2D eigenvalue weighted by atomic mass is 15.3. The van der Waals surface area contributed by atoms with E-state index in [0.717, 1.165) is 11.3 Å². The summed E-state index contributed by atoms with van der Waals surface area (Å²) in [5.74, 6) is -0.0546. The molecule has 1 aromatic carbocycles. The van der Waals surface area contributed by atoms with E-state index < -0.39 is 0 Å². The second-order valence-corrected chi connectivity index (χ2v) is 4.29. The van der Waals surface area contributed by atoms with Gasteiger partial charge in [0.1, 0.15) is 0 Å². The van der Waals surface area contributed by atoms with Crippen LogP contribution in [0.1, 0.15) is 11.1 Å². The molecule has 1 heterocycles. The van der Waals surface area contributed by atoms with Crippen molar-refractivity contribution in [2.24, 2.45) is 21.7 Å². The Balaban J connectivity index is 2.14. The lowest BCUT2D eigenvalue weighted by Crippen LogP contribution is -2.21. The first kappa shape index (κ1) is 13.6. The van der Waals surface area contributed by atoms with Gasteiger partial charge >= 0.3 is 0 Å². The van der Waals surface area contributed by atoms with Crippen molar-refractivity contribution in [2.75, 3.05) is 0 Å². The van der Waals surface area contributed by atoms with E-state index in [2.05, 4.69) is 46.2 Å². The quantitative estimate of drug-likeness (QED) is 0.505. The Hall–Kier alpha value is -2.82. The van der Waals surface area contributed by atoms with E-state index in [0.29, 0.717) is 0 Å². The van der Waals surface area contributed by atoms with Crippen molar-refractivity contribution in [3.63, 3.8) is 0 Å². The second-order valence-electron chi connectivity index (χ2n) is 4.29. The zero-order valence-electron chi connectivity index (χ0n) is 11.3. The van der Waals surface area contributed by atoms with Crippen LogP contribution in [0.2, 0.25) is 0 Å². The van der Waals surface area contributed by atoms with Crippen LogP contribution in [0.15, 0.2) is 59.0 Å². The van der Waals surface area contributed by atoms with Crippen LogP contribution in [0.3, 0.4) is 0 Å². The molecule has 0 radical (unpaired) electrons. The lowest BCUT2D eigenvalue weighted by Gasteiger charge is -2.00. The molecule has 4 N–H and O–H groups in total. The maximum Gasteiger partial charge on any atom is 0.211 e. The molecule has 1 aromatic heterocycles. The van der Waals surface area contributed by atoms with Gasteiger partial charge in [-0.2, -0.15) is 5.10 Å². The van der Waals surface area contributed by atoms with Crippen molar-refractivity contribution in [2.45, 2.75) is 6.92 Å².